The van der Waals surface area contributed by atoms with E-state index in [-0.39, 0.29) is 0 Å². The fourth-order valence-electron chi connectivity index (χ4n) is 1.44. The molecule has 2 rings (SSSR count). The Morgan fingerprint density at radius 2 is 1.76 bits per heavy atom. The van der Waals surface area contributed by atoms with Crippen molar-refractivity contribution in [2.75, 3.05) is 0 Å². The number of nitrogens with two attached hydrogens (primary N) is 1. The summed E-state index contributed by atoms with van der Waals surface area (Å²) < 4.78 is 26.9. The molecule has 2 aromatic rings. The highest BCUT2D eigenvalue weighted by atomic mass is 79.9. The summed E-state index contributed by atoms with van der Waals surface area (Å²) in [4.78, 5) is 0.742. The van der Waals surface area contributed by atoms with Crippen LogP contribution in [0.2, 0.25) is 5.02 Å². The van der Waals surface area contributed by atoms with Gasteiger partial charge in [-0.15, -0.1) is 11.3 Å². The molecule has 0 aliphatic rings. The summed E-state index contributed by atoms with van der Waals surface area (Å²) in [5.74, 6) is -1.28. The number of halogens is 4. The fraction of sp³-hybridized carbons (Fsp3) is 0.0909. The quantitative estimate of drug-likeness (QED) is 0.858. The molecule has 0 aliphatic carbocycles. The molecule has 2 N–H and O–H groups in total. The van der Waals surface area contributed by atoms with Gasteiger partial charge in [-0.1, -0.05) is 11.6 Å². The van der Waals surface area contributed by atoms with Gasteiger partial charge in [-0.05, 0) is 39.7 Å². The lowest BCUT2D eigenvalue weighted by Crippen LogP contribution is -2.10. The minimum atomic E-state index is -0.642. The first-order valence-corrected chi connectivity index (χ1v) is 6.62. The lowest BCUT2D eigenvalue weighted by Gasteiger charge is -2.10. The summed E-state index contributed by atoms with van der Waals surface area (Å²) in [6.45, 7) is 0. The van der Waals surface area contributed by atoms with Crippen LogP contribution in [0.5, 0.6) is 0 Å². The van der Waals surface area contributed by atoms with Crippen molar-refractivity contribution >= 4 is 38.9 Å². The first-order chi connectivity index (χ1) is 7.97. The van der Waals surface area contributed by atoms with E-state index in [0.29, 0.717) is 10.6 Å². The van der Waals surface area contributed by atoms with Gasteiger partial charge in [0.15, 0.2) is 0 Å². The molecule has 0 radical (unpaired) electrons. The minimum Gasteiger partial charge on any atom is -0.320 e. The van der Waals surface area contributed by atoms with Crippen LogP contribution >= 0.6 is 38.9 Å². The van der Waals surface area contributed by atoms with E-state index in [4.69, 9.17) is 17.3 Å². The third-order valence-corrected chi connectivity index (χ3v) is 4.77. The maximum Gasteiger partial charge on any atom is 0.126 e. The van der Waals surface area contributed by atoms with E-state index in [9.17, 15) is 8.78 Å². The third kappa shape index (κ3) is 2.85. The first kappa shape index (κ1) is 13.0. The van der Waals surface area contributed by atoms with Crippen LogP contribution in [0, 0.1) is 11.6 Å². The third-order valence-electron chi connectivity index (χ3n) is 2.21. The molecule has 90 valence electrons. The van der Waals surface area contributed by atoms with Gasteiger partial charge in [0.1, 0.15) is 11.6 Å². The predicted octanol–water partition coefficient (Wildman–Crippen LogP) is 4.49. The average molecular weight is 339 g/mol. The zero-order valence-corrected chi connectivity index (χ0v) is 11.5. The molecule has 1 aromatic carbocycles. The van der Waals surface area contributed by atoms with Gasteiger partial charge in [0.25, 0.3) is 0 Å². The van der Waals surface area contributed by atoms with Crippen molar-refractivity contribution in [3.8, 4) is 0 Å². The largest absolute Gasteiger partial charge is 0.320 e. The summed E-state index contributed by atoms with van der Waals surface area (Å²) in [7, 11) is 0. The molecule has 1 atom stereocenters. The second kappa shape index (κ2) is 5.02. The van der Waals surface area contributed by atoms with Gasteiger partial charge in [0, 0.05) is 10.9 Å². The normalized spacial score (nSPS) is 12.8. The van der Waals surface area contributed by atoms with E-state index in [0.717, 1.165) is 14.7 Å². The summed E-state index contributed by atoms with van der Waals surface area (Å²) in [5, 5.41) is 0.539. The van der Waals surface area contributed by atoms with Crippen molar-refractivity contribution in [3.63, 3.8) is 0 Å². The molecule has 1 nitrogen and oxygen atoms in total. The van der Waals surface area contributed by atoms with Gasteiger partial charge >= 0.3 is 0 Å². The van der Waals surface area contributed by atoms with Crippen LogP contribution in [0.25, 0.3) is 0 Å². The monoisotopic (exact) mass is 337 g/mol. The van der Waals surface area contributed by atoms with E-state index >= 15 is 0 Å². The average Bonchev–Trinajstić information content (AvgIpc) is 2.57. The fourth-order valence-corrected chi connectivity index (χ4v) is 3.21. The summed E-state index contributed by atoms with van der Waals surface area (Å²) in [5.41, 5.74) is 6.32. The second-order valence-corrected chi connectivity index (χ2v) is 6.26. The van der Waals surface area contributed by atoms with E-state index in [1.165, 1.54) is 23.5 Å². The highest BCUT2D eigenvalue weighted by Crippen LogP contribution is 2.36. The number of hydrogen-bond acceptors (Lipinski definition) is 2. The van der Waals surface area contributed by atoms with Gasteiger partial charge in [-0.3, -0.25) is 0 Å². The Balaban J connectivity index is 2.39. The zero-order valence-electron chi connectivity index (χ0n) is 8.38. The Bertz CT molecular complexity index is 519. The molecule has 0 fully saturated rings. The topological polar surface area (TPSA) is 26.0 Å². The van der Waals surface area contributed by atoms with Gasteiger partial charge in [-0.2, -0.15) is 0 Å². The van der Waals surface area contributed by atoms with Crippen LogP contribution in [0.3, 0.4) is 0 Å². The summed E-state index contributed by atoms with van der Waals surface area (Å²) in [6, 6.07) is 4.34. The summed E-state index contributed by atoms with van der Waals surface area (Å²) >= 11 is 10.5. The highest BCUT2D eigenvalue weighted by Gasteiger charge is 2.15. The molecule has 0 amide bonds. The molecule has 0 bridgehead atoms. The molecular weight excluding hydrogens is 332 g/mol. The van der Waals surface area contributed by atoms with Crippen LogP contribution in [0.15, 0.2) is 28.1 Å². The number of thiophene rings is 1. The highest BCUT2D eigenvalue weighted by molar-refractivity contribution is 9.11. The molecule has 1 aromatic heterocycles. The SMILES string of the molecule is NC(c1cc(F)cc(F)c1)c1cc(Cl)c(Br)s1. The Morgan fingerprint density at radius 3 is 2.24 bits per heavy atom. The van der Waals surface area contributed by atoms with Crippen molar-refractivity contribution in [1.82, 2.24) is 0 Å². The maximum absolute atomic E-state index is 13.1. The second-order valence-electron chi connectivity index (χ2n) is 3.45. The van der Waals surface area contributed by atoms with E-state index < -0.39 is 17.7 Å². The lowest BCUT2D eigenvalue weighted by molar-refractivity contribution is 0.577. The van der Waals surface area contributed by atoms with Gasteiger partial charge in [0.05, 0.1) is 14.9 Å². The van der Waals surface area contributed by atoms with Crippen LogP contribution in [0.1, 0.15) is 16.5 Å². The van der Waals surface area contributed by atoms with Crippen LogP contribution in [0.4, 0.5) is 8.78 Å². The van der Waals surface area contributed by atoms with Crippen molar-refractivity contribution in [2.24, 2.45) is 5.73 Å². The van der Waals surface area contributed by atoms with Crippen LogP contribution in [-0.4, -0.2) is 0 Å². The molecule has 1 unspecified atom stereocenters. The van der Waals surface area contributed by atoms with Crippen molar-refractivity contribution < 1.29 is 8.78 Å². The Kier molecular flexibility index (Phi) is 3.82. The van der Waals surface area contributed by atoms with E-state index in [1.807, 2.05) is 0 Å². The number of benzene rings is 1. The maximum atomic E-state index is 13.1. The summed E-state index contributed by atoms with van der Waals surface area (Å²) in [6.07, 6.45) is 0. The Morgan fingerprint density at radius 1 is 1.18 bits per heavy atom. The number of rotatable bonds is 2. The molecule has 0 saturated carbocycles. The van der Waals surface area contributed by atoms with Gasteiger partial charge in [-0.25, -0.2) is 8.78 Å². The Labute approximate surface area is 114 Å². The molecule has 0 spiro atoms. The van der Waals surface area contributed by atoms with Crippen LogP contribution in [-0.2, 0) is 0 Å². The van der Waals surface area contributed by atoms with E-state index in [2.05, 4.69) is 15.9 Å². The number of hydrogen-bond donors (Lipinski definition) is 1. The predicted molar refractivity (Wildman–Crippen MR) is 69.4 cm³/mol. The molecule has 1 heterocycles. The van der Waals surface area contributed by atoms with Crippen molar-refractivity contribution in [3.05, 3.63) is 55.1 Å². The van der Waals surface area contributed by atoms with Crippen molar-refractivity contribution in [2.45, 2.75) is 6.04 Å². The smallest absolute Gasteiger partial charge is 0.126 e. The zero-order chi connectivity index (χ0) is 12.6. The van der Waals surface area contributed by atoms with Crippen molar-refractivity contribution in [1.29, 1.82) is 0 Å². The Hall–Kier alpha value is -0.490. The molecule has 0 aliphatic heterocycles. The molecule has 6 heteroatoms. The first-order valence-electron chi connectivity index (χ1n) is 4.63. The van der Waals surface area contributed by atoms with Gasteiger partial charge < -0.3 is 5.73 Å². The molecular formula is C11H7BrClF2NS. The molecule has 0 saturated heterocycles. The standard InChI is InChI=1S/C11H7BrClF2NS/c12-11-8(13)4-9(17-11)10(16)5-1-6(14)3-7(15)2-5/h1-4,10H,16H2. The van der Waals surface area contributed by atoms with Crippen LogP contribution < -0.4 is 5.73 Å². The van der Waals surface area contributed by atoms with Gasteiger partial charge in [0.2, 0.25) is 0 Å². The van der Waals surface area contributed by atoms with E-state index in [1.54, 1.807) is 6.07 Å². The minimum absolute atomic E-state index is 0.382. The molecule has 17 heavy (non-hydrogen) atoms. The lowest BCUT2D eigenvalue weighted by atomic mass is 10.1.